The first kappa shape index (κ1) is 14.7. The van der Waals surface area contributed by atoms with Gasteiger partial charge in [-0.15, -0.1) is 0 Å². The van der Waals surface area contributed by atoms with E-state index in [4.69, 9.17) is 0 Å². The molecule has 1 N–H and O–H groups in total. The predicted molar refractivity (Wildman–Crippen MR) is 67.7 cm³/mol. The molecule has 3 atom stereocenters. The Balaban J connectivity index is 2.93. The molecule has 4 amide bonds. The molecule has 5 nitrogen and oxygen atoms in total. The van der Waals surface area contributed by atoms with E-state index in [1.54, 1.807) is 0 Å². The summed E-state index contributed by atoms with van der Waals surface area (Å²) in [5, 5.41) is 2.28. The minimum absolute atomic E-state index is 0.185. The predicted octanol–water partition coefficient (Wildman–Crippen LogP) is 1.92. The van der Waals surface area contributed by atoms with Gasteiger partial charge >= 0.3 is 6.03 Å². The zero-order chi connectivity index (χ0) is 13.9. The van der Waals surface area contributed by atoms with Crippen molar-refractivity contribution in [2.75, 3.05) is 0 Å². The Bertz CT molecular complexity index is 354. The van der Waals surface area contributed by atoms with Crippen LogP contribution >= 0.6 is 0 Å². The maximum absolute atomic E-state index is 12.2. The highest BCUT2D eigenvalue weighted by atomic mass is 16.2. The molecule has 0 aromatic heterocycles. The summed E-state index contributed by atoms with van der Waals surface area (Å²) in [5.74, 6) is -1.30. The molecular weight excluding hydrogens is 232 g/mol. The van der Waals surface area contributed by atoms with Crippen LogP contribution in [0.5, 0.6) is 0 Å². The van der Waals surface area contributed by atoms with Gasteiger partial charge in [-0.3, -0.25) is 19.8 Å². The van der Waals surface area contributed by atoms with Crippen molar-refractivity contribution in [1.29, 1.82) is 0 Å². The van der Waals surface area contributed by atoms with Crippen molar-refractivity contribution in [1.82, 2.24) is 10.2 Å². The number of nitrogens with one attached hydrogen (secondary N) is 1. The number of amides is 4. The molecule has 1 aliphatic rings. The molecule has 0 aromatic rings. The maximum atomic E-state index is 12.2. The Labute approximate surface area is 108 Å². The lowest BCUT2D eigenvalue weighted by Gasteiger charge is -2.36. The molecule has 0 saturated carbocycles. The topological polar surface area (TPSA) is 66.5 Å². The number of hydrogen-bond donors (Lipinski definition) is 1. The molecule has 1 aliphatic heterocycles. The fraction of sp³-hybridized carbons (Fsp3) is 0.769. The number of nitrogens with zero attached hydrogens (tertiary/aromatic N) is 1. The lowest BCUT2D eigenvalue weighted by Crippen LogP contribution is -2.61. The van der Waals surface area contributed by atoms with Gasteiger partial charge in [0.05, 0.1) is 0 Å². The van der Waals surface area contributed by atoms with Crippen LogP contribution in [0.25, 0.3) is 0 Å². The summed E-state index contributed by atoms with van der Waals surface area (Å²) in [7, 11) is 0. The number of hydrogen-bond acceptors (Lipinski definition) is 3. The number of imide groups is 2. The summed E-state index contributed by atoms with van der Waals surface area (Å²) in [6, 6.07) is -0.764. The van der Waals surface area contributed by atoms with Crippen molar-refractivity contribution in [3.63, 3.8) is 0 Å². The van der Waals surface area contributed by atoms with Crippen LogP contribution in [0.2, 0.25) is 0 Å². The second kappa shape index (κ2) is 5.98. The van der Waals surface area contributed by atoms with Crippen molar-refractivity contribution < 1.29 is 14.4 Å². The SMILES string of the molecule is CCCC1C(=O)NC(=O)N(C(C)C(C)CC)C1=O. The molecule has 1 fully saturated rings. The van der Waals surface area contributed by atoms with Crippen molar-refractivity contribution >= 4 is 17.8 Å². The Hall–Kier alpha value is -1.39. The van der Waals surface area contributed by atoms with Crippen molar-refractivity contribution in [2.24, 2.45) is 11.8 Å². The number of carbonyl (C=O) groups is 3. The fourth-order valence-electron chi connectivity index (χ4n) is 2.16. The van der Waals surface area contributed by atoms with E-state index in [0.29, 0.717) is 6.42 Å². The molecule has 1 rings (SSSR count). The Kier molecular flexibility index (Phi) is 4.87. The third-order valence-corrected chi connectivity index (χ3v) is 3.75. The minimum Gasteiger partial charge on any atom is -0.277 e. The average molecular weight is 254 g/mol. The number of barbiturate groups is 1. The molecule has 1 heterocycles. The zero-order valence-electron chi connectivity index (χ0n) is 11.5. The van der Waals surface area contributed by atoms with Gasteiger partial charge in [0.25, 0.3) is 0 Å². The van der Waals surface area contributed by atoms with Gasteiger partial charge in [0, 0.05) is 6.04 Å². The Morgan fingerprint density at radius 2 is 1.83 bits per heavy atom. The van der Waals surface area contributed by atoms with Crippen molar-refractivity contribution in [3.05, 3.63) is 0 Å². The average Bonchev–Trinajstić information content (AvgIpc) is 2.32. The van der Waals surface area contributed by atoms with Crippen LogP contribution in [0.4, 0.5) is 4.79 Å². The molecule has 0 bridgehead atoms. The fourth-order valence-corrected chi connectivity index (χ4v) is 2.16. The van der Waals surface area contributed by atoms with E-state index in [0.717, 1.165) is 12.8 Å². The molecule has 1 saturated heterocycles. The van der Waals surface area contributed by atoms with Crippen molar-refractivity contribution in [2.45, 2.75) is 53.0 Å². The van der Waals surface area contributed by atoms with E-state index < -0.39 is 17.9 Å². The molecule has 0 aliphatic carbocycles. The molecular formula is C13H22N2O3. The summed E-state index contributed by atoms with van der Waals surface area (Å²) in [5.41, 5.74) is 0. The monoisotopic (exact) mass is 254 g/mol. The Morgan fingerprint density at radius 1 is 1.22 bits per heavy atom. The molecule has 5 heteroatoms. The van der Waals surface area contributed by atoms with E-state index in [2.05, 4.69) is 5.32 Å². The summed E-state index contributed by atoms with van der Waals surface area (Å²) in [6.07, 6.45) is 2.11. The quantitative estimate of drug-likeness (QED) is 0.762. The standard InChI is InChI=1S/C13H22N2O3/c1-5-7-10-11(16)14-13(18)15(12(10)17)9(4)8(3)6-2/h8-10H,5-7H2,1-4H3,(H,14,16,18). The van der Waals surface area contributed by atoms with Crippen LogP contribution in [0.3, 0.4) is 0 Å². The second-order valence-electron chi connectivity index (χ2n) is 4.97. The van der Waals surface area contributed by atoms with Crippen LogP contribution < -0.4 is 5.32 Å². The van der Waals surface area contributed by atoms with E-state index in [-0.39, 0.29) is 17.9 Å². The summed E-state index contributed by atoms with van der Waals surface area (Å²) >= 11 is 0. The maximum Gasteiger partial charge on any atom is 0.331 e. The van der Waals surface area contributed by atoms with E-state index in [1.165, 1.54) is 4.90 Å². The van der Waals surface area contributed by atoms with Gasteiger partial charge in [-0.2, -0.15) is 0 Å². The Morgan fingerprint density at radius 3 is 2.33 bits per heavy atom. The molecule has 102 valence electrons. The molecule has 3 unspecified atom stereocenters. The van der Waals surface area contributed by atoms with Gasteiger partial charge in [0.1, 0.15) is 5.92 Å². The first-order chi connectivity index (χ1) is 8.43. The van der Waals surface area contributed by atoms with Gasteiger partial charge < -0.3 is 0 Å². The molecule has 0 radical (unpaired) electrons. The molecule has 0 spiro atoms. The lowest BCUT2D eigenvalue weighted by atomic mass is 9.94. The van der Waals surface area contributed by atoms with Crippen LogP contribution in [-0.4, -0.2) is 28.8 Å². The van der Waals surface area contributed by atoms with Gasteiger partial charge in [-0.05, 0) is 19.3 Å². The third-order valence-electron chi connectivity index (χ3n) is 3.75. The van der Waals surface area contributed by atoms with Crippen LogP contribution in [0, 0.1) is 11.8 Å². The number of urea groups is 1. The van der Waals surface area contributed by atoms with E-state index in [1.807, 2.05) is 27.7 Å². The second-order valence-corrected chi connectivity index (χ2v) is 4.97. The zero-order valence-corrected chi connectivity index (χ0v) is 11.5. The highest BCUT2D eigenvalue weighted by molar-refractivity contribution is 6.16. The normalized spacial score (nSPS) is 23.9. The smallest absolute Gasteiger partial charge is 0.277 e. The van der Waals surface area contributed by atoms with Crippen LogP contribution in [0.1, 0.15) is 47.0 Å². The minimum atomic E-state index is -0.709. The number of rotatable bonds is 5. The molecule has 18 heavy (non-hydrogen) atoms. The highest BCUT2D eigenvalue weighted by Gasteiger charge is 2.42. The van der Waals surface area contributed by atoms with Gasteiger partial charge in [-0.1, -0.05) is 33.6 Å². The van der Waals surface area contributed by atoms with Crippen LogP contribution in [0.15, 0.2) is 0 Å². The first-order valence-corrected chi connectivity index (χ1v) is 6.61. The van der Waals surface area contributed by atoms with Crippen LogP contribution in [-0.2, 0) is 9.59 Å². The summed E-state index contributed by atoms with van der Waals surface area (Å²) < 4.78 is 0. The summed E-state index contributed by atoms with van der Waals surface area (Å²) in [4.78, 5) is 36.9. The number of carbonyl (C=O) groups excluding carboxylic acids is 3. The summed E-state index contributed by atoms with van der Waals surface area (Å²) in [6.45, 7) is 7.78. The van der Waals surface area contributed by atoms with E-state index in [9.17, 15) is 14.4 Å². The molecule has 0 aromatic carbocycles. The lowest BCUT2D eigenvalue weighted by molar-refractivity contribution is -0.144. The van der Waals surface area contributed by atoms with E-state index >= 15 is 0 Å². The van der Waals surface area contributed by atoms with Crippen molar-refractivity contribution in [3.8, 4) is 0 Å². The van der Waals surface area contributed by atoms with Gasteiger partial charge in [0.2, 0.25) is 11.8 Å². The largest absolute Gasteiger partial charge is 0.331 e. The highest BCUT2D eigenvalue weighted by Crippen LogP contribution is 2.22. The first-order valence-electron chi connectivity index (χ1n) is 6.61. The third kappa shape index (κ3) is 2.71. The van der Waals surface area contributed by atoms with Gasteiger partial charge in [-0.25, -0.2) is 4.79 Å². The van der Waals surface area contributed by atoms with Gasteiger partial charge in [0.15, 0.2) is 0 Å².